The number of rotatable bonds is 1. The molecule has 1 aliphatic rings. The number of aromatic nitrogens is 1. The second-order valence-electron chi connectivity index (χ2n) is 3.18. The molecule has 0 spiro atoms. The Bertz CT molecular complexity index is 247. The fourth-order valence-corrected chi connectivity index (χ4v) is 1.62. The highest BCUT2D eigenvalue weighted by Crippen LogP contribution is 2.18. The fraction of sp³-hybridized carbons (Fsp3) is 0.444. The second-order valence-corrected chi connectivity index (χ2v) is 3.18. The van der Waals surface area contributed by atoms with E-state index < -0.39 is 0 Å². The summed E-state index contributed by atoms with van der Waals surface area (Å²) in [5, 5.41) is 3.26. The van der Waals surface area contributed by atoms with Crippen molar-refractivity contribution >= 4 is 0 Å². The molecule has 1 aromatic rings. The Balaban J connectivity index is 2.19. The molecule has 0 aromatic carbocycles. The van der Waals surface area contributed by atoms with Gasteiger partial charge in [0.25, 0.3) is 0 Å². The highest BCUT2D eigenvalue weighted by Gasteiger charge is 2.25. The number of hydrogen-bond acceptors (Lipinski definition) is 3. The van der Waals surface area contributed by atoms with Crippen LogP contribution in [-0.4, -0.2) is 24.1 Å². The van der Waals surface area contributed by atoms with E-state index in [1.54, 1.807) is 0 Å². The van der Waals surface area contributed by atoms with Gasteiger partial charge in [0.2, 0.25) is 0 Å². The minimum absolute atomic E-state index is 0.222. The van der Waals surface area contributed by atoms with Crippen LogP contribution in [0.15, 0.2) is 24.4 Å². The normalized spacial score (nSPS) is 29.1. The van der Waals surface area contributed by atoms with E-state index in [1.165, 1.54) is 0 Å². The van der Waals surface area contributed by atoms with E-state index in [4.69, 9.17) is 5.73 Å². The first kappa shape index (κ1) is 7.71. The van der Waals surface area contributed by atoms with Crippen molar-refractivity contribution in [3.8, 4) is 0 Å². The summed E-state index contributed by atoms with van der Waals surface area (Å²) >= 11 is 0. The Morgan fingerprint density at radius 3 is 2.92 bits per heavy atom. The topological polar surface area (TPSA) is 50.9 Å². The number of nitrogens with two attached hydrogens (primary N) is 1. The van der Waals surface area contributed by atoms with E-state index >= 15 is 0 Å². The van der Waals surface area contributed by atoms with Crippen LogP contribution in [0, 0.1) is 0 Å². The van der Waals surface area contributed by atoms with E-state index in [-0.39, 0.29) is 6.04 Å². The lowest BCUT2D eigenvalue weighted by Gasteiger charge is -2.12. The minimum Gasteiger partial charge on any atom is -0.326 e. The zero-order valence-corrected chi connectivity index (χ0v) is 6.90. The van der Waals surface area contributed by atoms with Crippen molar-refractivity contribution in [2.24, 2.45) is 5.73 Å². The van der Waals surface area contributed by atoms with E-state index in [9.17, 15) is 0 Å². The van der Waals surface area contributed by atoms with Gasteiger partial charge in [-0.1, -0.05) is 6.07 Å². The van der Waals surface area contributed by atoms with E-state index in [2.05, 4.69) is 10.3 Å². The standard InChI is InChI=1S/C9H13N3/c10-8-6-11-5-7(8)9-3-1-2-4-12-9/h1-4,7-8,11H,5-6,10H2/t7-,8+/m1/s1. The van der Waals surface area contributed by atoms with E-state index in [0.717, 1.165) is 18.8 Å². The Hall–Kier alpha value is -0.930. The lowest BCUT2D eigenvalue weighted by molar-refractivity contribution is 0.637. The summed E-state index contributed by atoms with van der Waals surface area (Å²) < 4.78 is 0. The van der Waals surface area contributed by atoms with Gasteiger partial charge in [-0.2, -0.15) is 0 Å². The third kappa shape index (κ3) is 1.33. The quantitative estimate of drug-likeness (QED) is 0.617. The van der Waals surface area contributed by atoms with Crippen LogP contribution in [0.2, 0.25) is 0 Å². The van der Waals surface area contributed by atoms with Gasteiger partial charge >= 0.3 is 0 Å². The van der Waals surface area contributed by atoms with Gasteiger partial charge in [0.1, 0.15) is 0 Å². The molecule has 1 fully saturated rings. The van der Waals surface area contributed by atoms with Crippen LogP contribution in [-0.2, 0) is 0 Å². The summed E-state index contributed by atoms with van der Waals surface area (Å²) in [4.78, 5) is 4.29. The zero-order chi connectivity index (χ0) is 8.39. The molecule has 2 atom stereocenters. The Labute approximate surface area is 72.0 Å². The molecule has 2 rings (SSSR count). The molecule has 1 aromatic heterocycles. The van der Waals surface area contributed by atoms with Gasteiger partial charge in [-0.3, -0.25) is 4.98 Å². The molecular weight excluding hydrogens is 150 g/mol. The van der Waals surface area contributed by atoms with E-state index in [0.29, 0.717) is 5.92 Å². The molecule has 1 saturated heterocycles. The Morgan fingerprint density at radius 1 is 1.42 bits per heavy atom. The molecule has 0 unspecified atom stereocenters. The van der Waals surface area contributed by atoms with Gasteiger partial charge in [0.05, 0.1) is 0 Å². The first-order valence-corrected chi connectivity index (χ1v) is 4.25. The lowest BCUT2D eigenvalue weighted by Crippen LogP contribution is -2.27. The third-order valence-corrected chi connectivity index (χ3v) is 2.33. The Morgan fingerprint density at radius 2 is 2.33 bits per heavy atom. The maximum Gasteiger partial charge on any atom is 0.0463 e. The van der Waals surface area contributed by atoms with Crippen molar-refractivity contribution < 1.29 is 0 Å². The number of pyridine rings is 1. The molecule has 3 nitrogen and oxygen atoms in total. The molecule has 0 amide bonds. The molecule has 2 heterocycles. The zero-order valence-electron chi connectivity index (χ0n) is 6.90. The third-order valence-electron chi connectivity index (χ3n) is 2.33. The van der Waals surface area contributed by atoms with Crippen LogP contribution in [0.25, 0.3) is 0 Å². The van der Waals surface area contributed by atoms with Gasteiger partial charge in [0.15, 0.2) is 0 Å². The van der Waals surface area contributed by atoms with Gasteiger partial charge in [-0.15, -0.1) is 0 Å². The predicted octanol–water partition coefficient (Wildman–Crippen LogP) is 0.0957. The maximum atomic E-state index is 5.91. The SMILES string of the molecule is N[C@H]1CNC[C@H]1c1ccccn1. The number of nitrogens with one attached hydrogen (secondary N) is 1. The monoisotopic (exact) mass is 163 g/mol. The average Bonchev–Trinajstić information content (AvgIpc) is 2.53. The van der Waals surface area contributed by atoms with Crippen LogP contribution in [0.5, 0.6) is 0 Å². The largest absolute Gasteiger partial charge is 0.326 e. The molecule has 3 N–H and O–H groups in total. The van der Waals surface area contributed by atoms with Crippen molar-refractivity contribution in [2.75, 3.05) is 13.1 Å². The minimum atomic E-state index is 0.222. The summed E-state index contributed by atoms with van der Waals surface area (Å²) in [6.07, 6.45) is 1.82. The summed E-state index contributed by atoms with van der Waals surface area (Å²) in [6, 6.07) is 6.20. The molecule has 12 heavy (non-hydrogen) atoms. The predicted molar refractivity (Wildman–Crippen MR) is 47.8 cm³/mol. The first-order chi connectivity index (χ1) is 5.88. The smallest absolute Gasteiger partial charge is 0.0463 e. The van der Waals surface area contributed by atoms with Crippen molar-refractivity contribution in [3.05, 3.63) is 30.1 Å². The highest BCUT2D eigenvalue weighted by molar-refractivity contribution is 5.14. The molecule has 3 heteroatoms. The molecule has 64 valence electrons. The number of hydrogen-bond donors (Lipinski definition) is 2. The van der Waals surface area contributed by atoms with Crippen LogP contribution in [0.1, 0.15) is 11.6 Å². The first-order valence-electron chi connectivity index (χ1n) is 4.25. The molecule has 0 bridgehead atoms. The van der Waals surface area contributed by atoms with Crippen molar-refractivity contribution in [2.45, 2.75) is 12.0 Å². The maximum absolute atomic E-state index is 5.91. The van der Waals surface area contributed by atoms with Crippen molar-refractivity contribution in [1.29, 1.82) is 0 Å². The fourth-order valence-electron chi connectivity index (χ4n) is 1.62. The summed E-state index contributed by atoms with van der Waals surface area (Å²) in [5.74, 6) is 0.395. The summed E-state index contributed by atoms with van der Waals surface area (Å²) in [5.41, 5.74) is 7.01. The van der Waals surface area contributed by atoms with E-state index in [1.807, 2.05) is 24.4 Å². The van der Waals surface area contributed by atoms with Crippen molar-refractivity contribution in [3.63, 3.8) is 0 Å². The van der Waals surface area contributed by atoms with Gasteiger partial charge in [-0.05, 0) is 12.1 Å². The van der Waals surface area contributed by atoms with Crippen molar-refractivity contribution in [1.82, 2.24) is 10.3 Å². The molecular formula is C9H13N3. The van der Waals surface area contributed by atoms with Gasteiger partial charge < -0.3 is 11.1 Å². The molecule has 0 aliphatic carbocycles. The number of nitrogens with zero attached hydrogens (tertiary/aromatic N) is 1. The summed E-state index contributed by atoms with van der Waals surface area (Å²) in [7, 11) is 0. The molecule has 0 saturated carbocycles. The Kier molecular flexibility index (Phi) is 2.06. The van der Waals surface area contributed by atoms with Crippen LogP contribution < -0.4 is 11.1 Å². The second kappa shape index (κ2) is 3.21. The molecule has 1 aliphatic heterocycles. The lowest BCUT2D eigenvalue weighted by atomic mass is 10.0. The molecule has 0 radical (unpaired) electrons. The van der Waals surface area contributed by atoms with Crippen LogP contribution in [0.3, 0.4) is 0 Å². The summed E-state index contributed by atoms with van der Waals surface area (Å²) in [6.45, 7) is 1.86. The van der Waals surface area contributed by atoms with Gasteiger partial charge in [-0.25, -0.2) is 0 Å². The van der Waals surface area contributed by atoms with Gasteiger partial charge in [0, 0.05) is 36.9 Å². The van der Waals surface area contributed by atoms with Crippen LogP contribution in [0.4, 0.5) is 0 Å². The van der Waals surface area contributed by atoms with Crippen LogP contribution >= 0.6 is 0 Å². The highest BCUT2D eigenvalue weighted by atomic mass is 15.0. The average molecular weight is 163 g/mol.